The van der Waals surface area contributed by atoms with E-state index in [0.29, 0.717) is 26.2 Å². The molecule has 0 N–H and O–H groups in total. The molecular weight excluding hydrogens is 256 g/mol. The molecule has 2 heterocycles. The number of likely N-dealkylation sites (tertiary alicyclic amines) is 1. The van der Waals surface area contributed by atoms with Crippen LogP contribution in [0.1, 0.15) is 31.4 Å². The maximum Gasteiger partial charge on any atom is 0.230 e. The molecule has 0 aromatic heterocycles. The predicted molar refractivity (Wildman–Crippen MR) is 72.4 cm³/mol. The Kier molecular flexibility index (Phi) is 3.54. The Morgan fingerprint density at radius 2 is 1.80 bits per heavy atom. The summed E-state index contributed by atoms with van der Waals surface area (Å²) in [7, 11) is 0. The summed E-state index contributed by atoms with van der Waals surface area (Å²) in [6.45, 7) is 2.84. The molecule has 0 radical (unpaired) electrons. The van der Waals surface area contributed by atoms with Gasteiger partial charge in [-0.25, -0.2) is 0 Å². The number of benzene rings is 1. The zero-order valence-corrected chi connectivity index (χ0v) is 11.5. The molecule has 3 rings (SSSR count). The fraction of sp³-hybridized carbons (Fsp3) is 0.467. The number of ether oxygens (including phenoxy) is 1. The fourth-order valence-corrected chi connectivity index (χ4v) is 2.77. The fourth-order valence-electron chi connectivity index (χ4n) is 2.77. The Balaban J connectivity index is 1.68. The number of hydrogen-bond acceptors (Lipinski definition) is 4. The SMILES string of the molecule is C[C@H]1[C@H](c2ccccc2)OCN1CN1C(=O)CCC1=O. The average Bonchev–Trinajstić information content (AvgIpc) is 2.98. The first-order valence-corrected chi connectivity index (χ1v) is 6.90. The summed E-state index contributed by atoms with van der Waals surface area (Å²) < 4.78 is 5.82. The Morgan fingerprint density at radius 1 is 1.15 bits per heavy atom. The van der Waals surface area contributed by atoms with Crippen LogP contribution in [0.4, 0.5) is 0 Å². The van der Waals surface area contributed by atoms with Gasteiger partial charge in [-0.15, -0.1) is 0 Å². The monoisotopic (exact) mass is 274 g/mol. The minimum absolute atomic E-state index is 0.0102. The topological polar surface area (TPSA) is 49.9 Å². The molecule has 1 aromatic rings. The summed E-state index contributed by atoms with van der Waals surface area (Å²) in [5, 5.41) is 0. The standard InChI is InChI=1S/C15H18N2O3/c1-11-15(12-5-3-2-4-6-12)20-10-16(11)9-17-13(18)7-8-14(17)19/h2-6,11,15H,7-10H2,1H3/t11-,15+/m0/s1. The predicted octanol–water partition coefficient (Wildman–Crippen LogP) is 1.51. The quantitative estimate of drug-likeness (QED) is 0.784. The third kappa shape index (κ3) is 2.34. The number of rotatable bonds is 3. The van der Waals surface area contributed by atoms with Crippen LogP contribution in [0.25, 0.3) is 0 Å². The van der Waals surface area contributed by atoms with Gasteiger partial charge in [0, 0.05) is 18.9 Å². The molecule has 0 aliphatic carbocycles. The lowest BCUT2D eigenvalue weighted by Gasteiger charge is -2.26. The molecule has 0 spiro atoms. The number of carbonyl (C=O) groups is 2. The van der Waals surface area contributed by atoms with Crippen molar-refractivity contribution in [3.8, 4) is 0 Å². The van der Waals surface area contributed by atoms with Crippen LogP contribution < -0.4 is 0 Å². The van der Waals surface area contributed by atoms with E-state index in [-0.39, 0.29) is 24.0 Å². The lowest BCUT2D eigenvalue weighted by molar-refractivity contribution is -0.141. The van der Waals surface area contributed by atoms with Gasteiger partial charge in [-0.05, 0) is 12.5 Å². The summed E-state index contributed by atoms with van der Waals surface area (Å²) in [6, 6.07) is 10.2. The molecule has 106 valence electrons. The van der Waals surface area contributed by atoms with Crippen LogP contribution in [-0.4, -0.2) is 41.1 Å². The van der Waals surface area contributed by atoms with Crippen LogP contribution in [0.3, 0.4) is 0 Å². The molecule has 0 saturated carbocycles. The van der Waals surface area contributed by atoms with Crippen molar-refractivity contribution in [3.63, 3.8) is 0 Å². The minimum atomic E-state index is -0.0784. The Labute approximate surface area is 118 Å². The smallest absolute Gasteiger partial charge is 0.230 e. The Morgan fingerprint density at radius 3 is 2.45 bits per heavy atom. The van der Waals surface area contributed by atoms with Crippen molar-refractivity contribution in [3.05, 3.63) is 35.9 Å². The average molecular weight is 274 g/mol. The zero-order valence-electron chi connectivity index (χ0n) is 11.5. The Bertz CT molecular complexity index is 501. The second-order valence-corrected chi connectivity index (χ2v) is 5.31. The number of carbonyl (C=O) groups excluding carboxylic acids is 2. The van der Waals surface area contributed by atoms with Gasteiger partial charge in [-0.2, -0.15) is 0 Å². The highest BCUT2D eigenvalue weighted by Crippen LogP contribution is 2.31. The van der Waals surface area contributed by atoms with Gasteiger partial charge in [-0.3, -0.25) is 19.4 Å². The van der Waals surface area contributed by atoms with Gasteiger partial charge in [0.05, 0.1) is 12.8 Å². The first-order chi connectivity index (χ1) is 9.66. The van der Waals surface area contributed by atoms with Gasteiger partial charge >= 0.3 is 0 Å². The highest BCUT2D eigenvalue weighted by Gasteiger charge is 2.37. The van der Waals surface area contributed by atoms with E-state index < -0.39 is 0 Å². The van der Waals surface area contributed by atoms with Gasteiger partial charge in [-0.1, -0.05) is 30.3 Å². The molecule has 5 heteroatoms. The first-order valence-electron chi connectivity index (χ1n) is 6.90. The molecule has 2 aliphatic heterocycles. The second-order valence-electron chi connectivity index (χ2n) is 5.31. The first kappa shape index (κ1) is 13.3. The maximum absolute atomic E-state index is 11.7. The largest absolute Gasteiger partial charge is 0.356 e. The van der Waals surface area contributed by atoms with E-state index >= 15 is 0 Å². The van der Waals surface area contributed by atoms with Crippen molar-refractivity contribution in [2.45, 2.75) is 31.9 Å². The third-order valence-electron chi connectivity index (χ3n) is 4.04. The van der Waals surface area contributed by atoms with Gasteiger partial charge in [0.25, 0.3) is 0 Å². The molecule has 0 unspecified atom stereocenters. The number of nitrogens with zero attached hydrogens (tertiary/aromatic N) is 2. The van der Waals surface area contributed by atoms with Crippen molar-refractivity contribution in [2.75, 3.05) is 13.4 Å². The van der Waals surface area contributed by atoms with Crippen molar-refractivity contribution < 1.29 is 14.3 Å². The lowest BCUT2D eigenvalue weighted by atomic mass is 10.0. The van der Waals surface area contributed by atoms with Crippen molar-refractivity contribution in [1.82, 2.24) is 9.80 Å². The molecule has 2 saturated heterocycles. The maximum atomic E-state index is 11.7. The zero-order chi connectivity index (χ0) is 14.1. The minimum Gasteiger partial charge on any atom is -0.356 e. The molecule has 2 fully saturated rings. The van der Waals surface area contributed by atoms with Crippen LogP contribution in [0.5, 0.6) is 0 Å². The lowest BCUT2D eigenvalue weighted by Crippen LogP contribution is -2.42. The highest BCUT2D eigenvalue weighted by molar-refractivity contribution is 6.01. The van der Waals surface area contributed by atoms with Crippen LogP contribution in [-0.2, 0) is 14.3 Å². The van der Waals surface area contributed by atoms with E-state index in [9.17, 15) is 9.59 Å². The van der Waals surface area contributed by atoms with E-state index in [0.717, 1.165) is 5.56 Å². The van der Waals surface area contributed by atoms with Gasteiger partial charge in [0.2, 0.25) is 11.8 Å². The highest BCUT2D eigenvalue weighted by atomic mass is 16.5. The molecule has 20 heavy (non-hydrogen) atoms. The van der Waals surface area contributed by atoms with Gasteiger partial charge in [0.1, 0.15) is 6.73 Å². The summed E-state index contributed by atoms with van der Waals surface area (Å²) in [5.41, 5.74) is 1.13. The van der Waals surface area contributed by atoms with Gasteiger partial charge in [0.15, 0.2) is 0 Å². The molecule has 5 nitrogen and oxygen atoms in total. The van der Waals surface area contributed by atoms with E-state index in [4.69, 9.17) is 4.74 Å². The molecule has 2 amide bonds. The molecule has 1 aromatic carbocycles. The molecule has 2 aliphatic rings. The molecule has 0 bridgehead atoms. The number of imide groups is 1. The summed E-state index contributed by atoms with van der Waals surface area (Å²) in [4.78, 5) is 26.7. The summed E-state index contributed by atoms with van der Waals surface area (Å²) in [5.74, 6) is -0.157. The van der Waals surface area contributed by atoms with Crippen LogP contribution in [0.2, 0.25) is 0 Å². The van der Waals surface area contributed by atoms with Crippen molar-refractivity contribution in [2.24, 2.45) is 0 Å². The van der Waals surface area contributed by atoms with E-state index in [2.05, 4.69) is 6.92 Å². The van der Waals surface area contributed by atoms with E-state index in [1.165, 1.54) is 4.90 Å². The number of hydrogen-bond donors (Lipinski definition) is 0. The number of amides is 2. The molecular formula is C15H18N2O3. The van der Waals surface area contributed by atoms with Crippen LogP contribution >= 0.6 is 0 Å². The van der Waals surface area contributed by atoms with Crippen LogP contribution in [0, 0.1) is 0 Å². The molecule has 2 atom stereocenters. The van der Waals surface area contributed by atoms with Crippen molar-refractivity contribution in [1.29, 1.82) is 0 Å². The third-order valence-corrected chi connectivity index (χ3v) is 4.04. The summed E-state index contributed by atoms with van der Waals surface area (Å²) >= 11 is 0. The van der Waals surface area contributed by atoms with Crippen LogP contribution in [0.15, 0.2) is 30.3 Å². The summed E-state index contributed by atoms with van der Waals surface area (Å²) in [6.07, 6.45) is 0.664. The van der Waals surface area contributed by atoms with E-state index in [1.54, 1.807) is 0 Å². The van der Waals surface area contributed by atoms with Crippen molar-refractivity contribution >= 4 is 11.8 Å². The Hall–Kier alpha value is -1.72. The van der Waals surface area contributed by atoms with Gasteiger partial charge < -0.3 is 4.74 Å². The second kappa shape index (κ2) is 5.34. The normalized spacial score (nSPS) is 27.6. The van der Waals surface area contributed by atoms with E-state index in [1.807, 2.05) is 35.2 Å².